The maximum Gasteiger partial charge on any atom is 0.255 e. The number of para-hydroxylation sites is 1. The summed E-state index contributed by atoms with van der Waals surface area (Å²) < 4.78 is 10.8. The van der Waals surface area contributed by atoms with Gasteiger partial charge in [0.05, 0.1) is 18.4 Å². The minimum absolute atomic E-state index is 0.0497. The largest absolute Gasteiger partial charge is 0.493 e. The fourth-order valence-electron chi connectivity index (χ4n) is 3.32. The zero-order chi connectivity index (χ0) is 20.6. The van der Waals surface area contributed by atoms with Crippen molar-refractivity contribution >= 4 is 17.5 Å². The summed E-state index contributed by atoms with van der Waals surface area (Å²) in [7, 11) is 1.52. The van der Waals surface area contributed by atoms with Gasteiger partial charge in [-0.05, 0) is 49.6 Å². The molecule has 0 bridgehead atoms. The molecule has 2 aromatic carbocycles. The molecule has 0 atom stereocenters. The van der Waals surface area contributed by atoms with Crippen LogP contribution in [0.5, 0.6) is 11.5 Å². The van der Waals surface area contributed by atoms with E-state index in [1.165, 1.54) is 7.11 Å². The van der Waals surface area contributed by atoms with Gasteiger partial charge in [-0.15, -0.1) is 0 Å². The fraction of sp³-hybridized carbons (Fsp3) is 0.304. The second kappa shape index (κ2) is 9.78. The number of nitrogens with zero attached hydrogens (tertiary/aromatic N) is 1. The molecule has 0 saturated carbocycles. The Bertz CT molecular complexity index is 888. The van der Waals surface area contributed by atoms with Crippen molar-refractivity contribution in [1.82, 2.24) is 4.90 Å². The number of amides is 2. The summed E-state index contributed by atoms with van der Waals surface area (Å²) in [6.07, 6.45) is 4.81. The van der Waals surface area contributed by atoms with Crippen LogP contribution in [0.1, 0.15) is 40.0 Å². The van der Waals surface area contributed by atoms with Crippen LogP contribution in [0.4, 0.5) is 5.69 Å². The average molecular weight is 394 g/mol. The first-order chi connectivity index (χ1) is 14.1. The molecule has 2 aromatic rings. The van der Waals surface area contributed by atoms with Crippen molar-refractivity contribution in [2.24, 2.45) is 0 Å². The molecule has 1 aliphatic heterocycles. The minimum atomic E-state index is -0.322. The number of anilines is 1. The quantitative estimate of drug-likeness (QED) is 0.717. The van der Waals surface area contributed by atoms with Crippen LogP contribution in [0, 0.1) is 0 Å². The summed E-state index contributed by atoms with van der Waals surface area (Å²) >= 11 is 0. The van der Waals surface area contributed by atoms with E-state index in [-0.39, 0.29) is 11.8 Å². The molecule has 1 heterocycles. The van der Waals surface area contributed by atoms with Crippen LogP contribution < -0.4 is 14.8 Å². The van der Waals surface area contributed by atoms with Crippen LogP contribution in [0.2, 0.25) is 0 Å². The van der Waals surface area contributed by atoms with E-state index in [4.69, 9.17) is 9.47 Å². The van der Waals surface area contributed by atoms with E-state index in [2.05, 4.69) is 11.9 Å². The number of hydrogen-bond donors (Lipinski definition) is 1. The molecule has 0 spiro atoms. The number of carbonyl (C=O) groups is 2. The van der Waals surface area contributed by atoms with Crippen molar-refractivity contribution in [1.29, 1.82) is 0 Å². The van der Waals surface area contributed by atoms with Gasteiger partial charge in [0.15, 0.2) is 11.5 Å². The highest BCUT2D eigenvalue weighted by Crippen LogP contribution is 2.29. The van der Waals surface area contributed by atoms with Gasteiger partial charge in [-0.1, -0.05) is 24.8 Å². The summed E-state index contributed by atoms with van der Waals surface area (Å²) in [5.41, 5.74) is 1.41. The Morgan fingerprint density at radius 1 is 1.10 bits per heavy atom. The van der Waals surface area contributed by atoms with E-state index >= 15 is 0 Å². The Balaban J connectivity index is 1.79. The van der Waals surface area contributed by atoms with E-state index in [9.17, 15) is 9.59 Å². The van der Waals surface area contributed by atoms with E-state index in [1.54, 1.807) is 42.5 Å². The molecular weight excluding hydrogens is 368 g/mol. The normalized spacial score (nSPS) is 13.5. The van der Waals surface area contributed by atoms with Crippen molar-refractivity contribution in [3.05, 3.63) is 66.2 Å². The molecule has 2 amide bonds. The van der Waals surface area contributed by atoms with Gasteiger partial charge < -0.3 is 19.7 Å². The zero-order valence-electron chi connectivity index (χ0n) is 16.6. The number of hydrogen-bond acceptors (Lipinski definition) is 4. The van der Waals surface area contributed by atoms with Gasteiger partial charge in [-0.25, -0.2) is 0 Å². The Morgan fingerprint density at radius 3 is 2.59 bits per heavy atom. The summed E-state index contributed by atoms with van der Waals surface area (Å²) in [5.74, 6) is 0.616. The van der Waals surface area contributed by atoms with Crippen LogP contribution in [0.15, 0.2) is 55.1 Å². The monoisotopic (exact) mass is 394 g/mol. The first kappa shape index (κ1) is 20.5. The maximum absolute atomic E-state index is 12.9. The Hall–Kier alpha value is -3.28. The number of benzene rings is 2. The van der Waals surface area contributed by atoms with Crippen LogP contribution in [0.25, 0.3) is 0 Å². The Kier molecular flexibility index (Phi) is 6.89. The van der Waals surface area contributed by atoms with Gasteiger partial charge >= 0.3 is 0 Å². The molecule has 29 heavy (non-hydrogen) atoms. The van der Waals surface area contributed by atoms with Gasteiger partial charge in [-0.3, -0.25) is 9.59 Å². The van der Waals surface area contributed by atoms with Crippen molar-refractivity contribution in [3.63, 3.8) is 0 Å². The van der Waals surface area contributed by atoms with Crippen molar-refractivity contribution < 1.29 is 19.1 Å². The van der Waals surface area contributed by atoms with Gasteiger partial charge in [0.25, 0.3) is 11.8 Å². The van der Waals surface area contributed by atoms with Crippen LogP contribution in [-0.4, -0.2) is 43.5 Å². The predicted octanol–water partition coefficient (Wildman–Crippen LogP) is 4.14. The third-order valence-electron chi connectivity index (χ3n) is 4.83. The Morgan fingerprint density at radius 2 is 1.86 bits per heavy atom. The van der Waals surface area contributed by atoms with Gasteiger partial charge in [0.2, 0.25) is 0 Å². The summed E-state index contributed by atoms with van der Waals surface area (Å²) in [5, 5.41) is 2.86. The summed E-state index contributed by atoms with van der Waals surface area (Å²) in [4.78, 5) is 27.6. The lowest BCUT2D eigenvalue weighted by Gasteiger charge is -2.27. The number of methoxy groups -OCH3 is 1. The topological polar surface area (TPSA) is 67.9 Å². The first-order valence-electron chi connectivity index (χ1n) is 9.75. The standard InChI is InChI=1S/C23H26N2O4/c1-3-15-29-20-12-11-17(16-21(20)28-2)22(26)24-19-10-6-5-9-18(19)23(27)25-13-7-4-8-14-25/h3,5-6,9-12,16H,1,4,7-8,13-15H2,2H3,(H,24,26). The smallest absolute Gasteiger partial charge is 0.255 e. The minimum Gasteiger partial charge on any atom is -0.493 e. The van der Waals surface area contributed by atoms with Crippen LogP contribution in [-0.2, 0) is 0 Å². The Labute approximate surface area is 171 Å². The molecule has 1 N–H and O–H groups in total. The maximum atomic E-state index is 12.9. The number of carbonyl (C=O) groups excluding carboxylic acids is 2. The van der Waals surface area contributed by atoms with Crippen LogP contribution >= 0.6 is 0 Å². The summed E-state index contributed by atoms with van der Waals surface area (Å²) in [6, 6.07) is 12.1. The average Bonchev–Trinajstić information content (AvgIpc) is 2.78. The molecular formula is C23H26N2O4. The highest BCUT2D eigenvalue weighted by molar-refractivity contribution is 6.09. The van der Waals surface area contributed by atoms with E-state index in [0.717, 1.165) is 32.4 Å². The lowest BCUT2D eigenvalue weighted by atomic mass is 10.1. The van der Waals surface area contributed by atoms with E-state index in [1.807, 2.05) is 11.0 Å². The lowest BCUT2D eigenvalue weighted by Crippen LogP contribution is -2.36. The van der Waals surface area contributed by atoms with E-state index < -0.39 is 0 Å². The molecule has 0 unspecified atom stereocenters. The molecule has 0 aromatic heterocycles. The highest BCUT2D eigenvalue weighted by atomic mass is 16.5. The van der Waals surface area contributed by atoms with Gasteiger partial charge in [0.1, 0.15) is 6.61 Å². The molecule has 152 valence electrons. The molecule has 6 nitrogen and oxygen atoms in total. The molecule has 1 saturated heterocycles. The SMILES string of the molecule is C=CCOc1ccc(C(=O)Nc2ccccc2C(=O)N2CCCCC2)cc1OC. The predicted molar refractivity (Wildman–Crippen MR) is 113 cm³/mol. The van der Waals surface area contributed by atoms with Crippen molar-refractivity contribution in [3.8, 4) is 11.5 Å². The number of likely N-dealkylation sites (tertiary alicyclic amines) is 1. The molecule has 0 aliphatic carbocycles. The molecule has 6 heteroatoms. The molecule has 1 aliphatic rings. The highest BCUT2D eigenvalue weighted by Gasteiger charge is 2.21. The van der Waals surface area contributed by atoms with Gasteiger partial charge in [0, 0.05) is 18.7 Å². The summed E-state index contributed by atoms with van der Waals surface area (Å²) in [6.45, 7) is 5.47. The fourth-order valence-corrected chi connectivity index (χ4v) is 3.32. The lowest BCUT2D eigenvalue weighted by molar-refractivity contribution is 0.0725. The number of rotatable bonds is 7. The second-order valence-corrected chi connectivity index (χ2v) is 6.82. The third-order valence-corrected chi connectivity index (χ3v) is 4.83. The van der Waals surface area contributed by atoms with E-state index in [0.29, 0.717) is 34.9 Å². The van der Waals surface area contributed by atoms with Crippen molar-refractivity contribution in [2.75, 3.05) is 32.1 Å². The second-order valence-electron chi connectivity index (χ2n) is 6.82. The number of piperidine rings is 1. The number of ether oxygens (including phenoxy) is 2. The zero-order valence-corrected chi connectivity index (χ0v) is 16.6. The first-order valence-corrected chi connectivity index (χ1v) is 9.75. The van der Waals surface area contributed by atoms with Crippen LogP contribution in [0.3, 0.4) is 0 Å². The number of nitrogens with one attached hydrogen (secondary N) is 1. The molecule has 0 radical (unpaired) electrons. The van der Waals surface area contributed by atoms with Gasteiger partial charge in [-0.2, -0.15) is 0 Å². The molecule has 1 fully saturated rings. The third kappa shape index (κ3) is 4.96. The molecule has 3 rings (SSSR count). The van der Waals surface area contributed by atoms with Crippen molar-refractivity contribution in [2.45, 2.75) is 19.3 Å².